The third kappa shape index (κ3) is 7.69. The van der Waals surface area contributed by atoms with E-state index >= 15 is 0 Å². The summed E-state index contributed by atoms with van der Waals surface area (Å²) in [7, 11) is -1.42. The van der Waals surface area contributed by atoms with Crippen LogP contribution < -0.4 is 0 Å². The van der Waals surface area contributed by atoms with Crippen molar-refractivity contribution in [2.75, 3.05) is 0 Å². The molecule has 10 heavy (non-hydrogen) atoms. The lowest BCUT2D eigenvalue weighted by Crippen LogP contribution is -2.22. The van der Waals surface area contributed by atoms with Crippen molar-refractivity contribution >= 4 is 14.5 Å². The predicted octanol–water partition coefficient (Wildman–Crippen LogP) is 2.48. The summed E-state index contributed by atoms with van der Waals surface area (Å²) in [5.41, 5.74) is 0. The van der Waals surface area contributed by atoms with Crippen LogP contribution in [0.15, 0.2) is 5.16 Å². The van der Waals surface area contributed by atoms with Crippen molar-refractivity contribution in [3.05, 3.63) is 0 Å². The monoisotopic (exact) mass is 159 g/mol. The molecule has 0 aliphatic rings. The van der Waals surface area contributed by atoms with E-state index in [0.29, 0.717) is 5.92 Å². The van der Waals surface area contributed by atoms with Crippen LogP contribution >= 0.6 is 0 Å². The molecule has 0 saturated carbocycles. The van der Waals surface area contributed by atoms with Crippen LogP contribution in [-0.4, -0.2) is 14.5 Å². The predicted molar refractivity (Wildman–Crippen MR) is 47.8 cm³/mol. The minimum Gasteiger partial charge on any atom is -0.456 e. The molecule has 60 valence electrons. The summed E-state index contributed by atoms with van der Waals surface area (Å²) in [4.78, 5) is 0. The van der Waals surface area contributed by atoms with Gasteiger partial charge in [-0.3, -0.25) is 0 Å². The van der Waals surface area contributed by atoms with Gasteiger partial charge in [-0.2, -0.15) is 0 Å². The Morgan fingerprint density at radius 3 is 2.10 bits per heavy atom. The fraction of sp³-hybridized carbons (Fsp3) is 0.857. The van der Waals surface area contributed by atoms with Crippen LogP contribution in [-0.2, 0) is 4.53 Å². The molecular formula is C7H17NOSi. The standard InChI is InChI=1S/C7H17NOSi/c1-7(2)6-8-9-10(3,4)5/h6-7H,1-5H3/b8-6+. The van der Waals surface area contributed by atoms with Gasteiger partial charge < -0.3 is 4.53 Å². The lowest BCUT2D eigenvalue weighted by molar-refractivity contribution is 0.335. The van der Waals surface area contributed by atoms with Gasteiger partial charge >= 0.3 is 0 Å². The molecule has 0 radical (unpaired) electrons. The Hall–Kier alpha value is -0.313. The lowest BCUT2D eigenvalue weighted by Gasteiger charge is -2.12. The lowest BCUT2D eigenvalue weighted by atomic mass is 10.3. The third-order valence-electron chi connectivity index (χ3n) is 0.686. The summed E-state index contributed by atoms with van der Waals surface area (Å²) in [6, 6.07) is 0. The molecule has 0 rings (SSSR count). The van der Waals surface area contributed by atoms with Crippen LogP contribution in [0.1, 0.15) is 13.8 Å². The van der Waals surface area contributed by atoms with Gasteiger partial charge in [0.15, 0.2) is 0 Å². The van der Waals surface area contributed by atoms with Gasteiger partial charge in [0.05, 0.1) is 0 Å². The van der Waals surface area contributed by atoms with E-state index in [-0.39, 0.29) is 0 Å². The van der Waals surface area contributed by atoms with Crippen LogP contribution in [0.25, 0.3) is 0 Å². The molecule has 0 fully saturated rings. The first-order valence-corrected chi connectivity index (χ1v) is 7.04. The number of hydrogen-bond acceptors (Lipinski definition) is 2. The molecule has 3 heteroatoms. The van der Waals surface area contributed by atoms with Crippen LogP contribution in [0.3, 0.4) is 0 Å². The Balaban J connectivity index is 3.54. The van der Waals surface area contributed by atoms with Gasteiger partial charge in [0.25, 0.3) is 8.32 Å². The molecule has 0 saturated heterocycles. The van der Waals surface area contributed by atoms with E-state index < -0.39 is 8.32 Å². The summed E-state index contributed by atoms with van der Waals surface area (Å²) in [6.07, 6.45) is 1.83. The van der Waals surface area contributed by atoms with Crippen molar-refractivity contribution in [3.63, 3.8) is 0 Å². The minimum atomic E-state index is -1.42. The fourth-order valence-electron chi connectivity index (χ4n) is 0.310. The van der Waals surface area contributed by atoms with Crippen molar-refractivity contribution < 1.29 is 4.53 Å². The highest BCUT2D eigenvalue weighted by molar-refractivity contribution is 6.69. The average Bonchev–Trinajstić information content (AvgIpc) is 1.59. The first-order chi connectivity index (χ1) is 4.42. The van der Waals surface area contributed by atoms with Crippen molar-refractivity contribution in [2.24, 2.45) is 11.1 Å². The van der Waals surface area contributed by atoms with Gasteiger partial charge in [0.1, 0.15) is 0 Å². The van der Waals surface area contributed by atoms with E-state index in [1.54, 1.807) is 0 Å². The van der Waals surface area contributed by atoms with Gasteiger partial charge in [0.2, 0.25) is 0 Å². The maximum atomic E-state index is 5.25. The zero-order chi connectivity index (χ0) is 8.20. The molecule has 0 unspecified atom stereocenters. The summed E-state index contributed by atoms with van der Waals surface area (Å²) >= 11 is 0. The van der Waals surface area contributed by atoms with Gasteiger partial charge in [0, 0.05) is 6.21 Å². The number of rotatable bonds is 3. The second-order valence-electron chi connectivity index (χ2n) is 3.70. The molecular weight excluding hydrogens is 142 g/mol. The maximum Gasteiger partial charge on any atom is 0.278 e. The quantitative estimate of drug-likeness (QED) is 0.352. The third-order valence-corrected chi connectivity index (χ3v) is 1.34. The van der Waals surface area contributed by atoms with Crippen LogP contribution in [0, 0.1) is 5.92 Å². The number of nitrogens with zero attached hydrogens (tertiary/aromatic N) is 1. The van der Waals surface area contributed by atoms with Crippen LogP contribution in [0.2, 0.25) is 19.6 Å². The summed E-state index contributed by atoms with van der Waals surface area (Å²) in [5.74, 6) is 0.483. The molecule has 0 atom stereocenters. The second-order valence-corrected chi connectivity index (χ2v) is 8.11. The Morgan fingerprint density at radius 1 is 1.30 bits per heavy atom. The SMILES string of the molecule is CC(C)/C=N/O[Si](C)(C)C. The molecule has 0 heterocycles. The summed E-state index contributed by atoms with van der Waals surface area (Å²) < 4.78 is 5.25. The molecule has 0 bridgehead atoms. The Morgan fingerprint density at radius 2 is 1.80 bits per heavy atom. The largest absolute Gasteiger partial charge is 0.456 e. The Kier molecular flexibility index (Phi) is 3.64. The first kappa shape index (κ1) is 9.69. The molecule has 0 aromatic carbocycles. The molecule has 2 nitrogen and oxygen atoms in total. The van der Waals surface area contributed by atoms with Crippen molar-refractivity contribution in [2.45, 2.75) is 33.5 Å². The second kappa shape index (κ2) is 3.76. The highest BCUT2D eigenvalue weighted by Gasteiger charge is 2.15. The highest BCUT2D eigenvalue weighted by atomic mass is 28.4. The highest BCUT2D eigenvalue weighted by Crippen LogP contribution is 2.02. The number of hydrogen-bond donors (Lipinski definition) is 0. The summed E-state index contributed by atoms with van der Waals surface area (Å²) in [6.45, 7) is 10.5. The smallest absolute Gasteiger partial charge is 0.278 e. The van der Waals surface area contributed by atoms with Crippen LogP contribution in [0.5, 0.6) is 0 Å². The molecule has 0 aromatic heterocycles. The number of oxime groups is 1. The molecule has 0 aliphatic heterocycles. The zero-order valence-electron chi connectivity index (χ0n) is 7.51. The van der Waals surface area contributed by atoms with E-state index in [4.69, 9.17) is 4.53 Å². The summed E-state index contributed by atoms with van der Waals surface area (Å²) in [5, 5.41) is 3.88. The first-order valence-electron chi connectivity index (χ1n) is 3.63. The molecule has 0 aliphatic carbocycles. The molecule has 0 aromatic rings. The van der Waals surface area contributed by atoms with E-state index in [9.17, 15) is 0 Å². The Labute approximate surface area is 64.4 Å². The van der Waals surface area contributed by atoms with Gasteiger partial charge in [-0.05, 0) is 25.6 Å². The topological polar surface area (TPSA) is 21.6 Å². The van der Waals surface area contributed by atoms with E-state index in [0.717, 1.165) is 0 Å². The van der Waals surface area contributed by atoms with E-state index in [1.807, 2.05) is 6.21 Å². The molecule has 0 spiro atoms. The van der Waals surface area contributed by atoms with Crippen molar-refractivity contribution in [3.8, 4) is 0 Å². The van der Waals surface area contributed by atoms with Crippen LogP contribution in [0.4, 0.5) is 0 Å². The van der Waals surface area contributed by atoms with E-state index in [2.05, 4.69) is 38.6 Å². The minimum absolute atomic E-state index is 0.483. The normalized spacial score (nSPS) is 13.0. The zero-order valence-corrected chi connectivity index (χ0v) is 8.51. The molecule has 0 N–H and O–H groups in total. The fourth-order valence-corrected chi connectivity index (χ4v) is 0.687. The van der Waals surface area contributed by atoms with Crippen molar-refractivity contribution in [1.29, 1.82) is 0 Å². The Bertz CT molecular complexity index is 115. The van der Waals surface area contributed by atoms with Crippen molar-refractivity contribution in [1.82, 2.24) is 0 Å². The maximum absolute atomic E-state index is 5.25. The van der Waals surface area contributed by atoms with E-state index in [1.165, 1.54) is 0 Å². The van der Waals surface area contributed by atoms with Gasteiger partial charge in [-0.1, -0.05) is 13.8 Å². The molecule has 0 amide bonds. The average molecular weight is 159 g/mol. The van der Waals surface area contributed by atoms with Gasteiger partial charge in [-0.25, -0.2) is 0 Å². The van der Waals surface area contributed by atoms with Gasteiger partial charge in [-0.15, -0.1) is 5.16 Å².